The van der Waals surface area contributed by atoms with Gasteiger partial charge in [0.05, 0.1) is 14.2 Å². The van der Waals surface area contributed by atoms with Crippen LogP contribution in [0, 0.1) is 0 Å². The van der Waals surface area contributed by atoms with Crippen LogP contribution in [0.3, 0.4) is 0 Å². The Morgan fingerprint density at radius 1 is 0.952 bits per heavy atom. The molecule has 106 valence electrons. The molecular formula is C17H14O4. The summed E-state index contributed by atoms with van der Waals surface area (Å²) in [6.07, 6.45) is 0. The number of ether oxygens (including phenoxy) is 2. The largest absolute Gasteiger partial charge is 0.497 e. The normalized spacial score (nSPS) is 10.6. The van der Waals surface area contributed by atoms with Crippen LogP contribution < -0.4 is 15.1 Å². The van der Waals surface area contributed by atoms with E-state index in [1.165, 1.54) is 6.07 Å². The third kappa shape index (κ3) is 2.36. The predicted octanol–water partition coefficient (Wildman–Crippen LogP) is 3.48. The van der Waals surface area contributed by atoms with E-state index in [4.69, 9.17) is 13.9 Å². The van der Waals surface area contributed by atoms with Gasteiger partial charge in [0.15, 0.2) is 11.3 Å². The van der Waals surface area contributed by atoms with Crippen molar-refractivity contribution in [2.75, 3.05) is 14.2 Å². The van der Waals surface area contributed by atoms with Crippen LogP contribution in [-0.2, 0) is 0 Å². The van der Waals surface area contributed by atoms with Crippen molar-refractivity contribution in [3.8, 4) is 22.6 Å². The van der Waals surface area contributed by atoms with Crippen molar-refractivity contribution < 1.29 is 13.9 Å². The van der Waals surface area contributed by atoms with E-state index >= 15 is 0 Å². The van der Waals surface area contributed by atoms with Gasteiger partial charge in [0.2, 0.25) is 0 Å². The van der Waals surface area contributed by atoms with Gasteiger partial charge in [-0.05, 0) is 29.3 Å². The van der Waals surface area contributed by atoms with Gasteiger partial charge >= 0.3 is 5.63 Å². The average Bonchev–Trinajstić information content (AvgIpc) is 2.53. The highest BCUT2D eigenvalue weighted by Gasteiger charge is 2.11. The summed E-state index contributed by atoms with van der Waals surface area (Å²) in [4.78, 5) is 11.8. The van der Waals surface area contributed by atoms with Gasteiger partial charge in [-0.25, -0.2) is 4.79 Å². The van der Waals surface area contributed by atoms with Crippen LogP contribution in [0.25, 0.3) is 22.1 Å². The third-order valence-electron chi connectivity index (χ3n) is 3.35. The number of methoxy groups -OCH3 is 2. The highest BCUT2D eigenvalue weighted by atomic mass is 16.5. The Bertz CT molecular complexity index is 832. The topological polar surface area (TPSA) is 48.7 Å². The standard InChI is InChI=1S/C17H14O4/c1-19-12-8-6-11(7-9-12)14-10-16(18)21-17-13(14)4-3-5-15(17)20-2/h3-10H,1-2H3. The van der Waals surface area contributed by atoms with Gasteiger partial charge in [-0.15, -0.1) is 0 Å². The molecule has 3 rings (SSSR count). The van der Waals surface area contributed by atoms with Crippen molar-refractivity contribution in [1.82, 2.24) is 0 Å². The molecule has 21 heavy (non-hydrogen) atoms. The van der Waals surface area contributed by atoms with E-state index in [0.717, 1.165) is 22.3 Å². The fraction of sp³-hybridized carbons (Fsp3) is 0.118. The van der Waals surface area contributed by atoms with E-state index in [1.807, 2.05) is 36.4 Å². The zero-order chi connectivity index (χ0) is 14.8. The smallest absolute Gasteiger partial charge is 0.336 e. The minimum atomic E-state index is -0.405. The zero-order valence-corrected chi connectivity index (χ0v) is 11.8. The van der Waals surface area contributed by atoms with Crippen molar-refractivity contribution >= 4 is 11.0 Å². The van der Waals surface area contributed by atoms with Gasteiger partial charge in [-0.3, -0.25) is 0 Å². The van der Waals surface area contributed by atoms with Crippen LogP contribution in [0.4, 0.5) is 0 Å². The van der Waals surface area contributed by atoms with E-state index in [1.54, 1.807) is 20.3 Å². The van der Waals surface area contributed by atoms with Crippen LogP contribution in [0.2, 0.25) is 0 Å². The molecule has 0 saturated heterocycles. The minimum Gasteiger partial charge on any atom is -0.497 e. The highest BCUT2D eigenvalue weighted by Crippen LogP contribution is 2.32. The maximum absolute atomic E-state index is 11.8. The lowest BCUT2D eigenvalue weighted by atomic mass is 10.0. The minimum absolute atomic E-state index is 0.405. The molecule has 0 atom stereocenters. The molecule has 4 nitrogen and oxygen atoms in total. The first-order valence-corrected chi connectivity index (χ1v) is 6.48. The first kappa shape index (κ1) is 13.2. The first-order chi connectivity index (χ1) is 10.2. The second-order valence-electron chi connectivity index (χ2n) is 4.54. The van der Waals surface area contributed by atoms with E-state index in [2.05, 4.69) is 0 Å². The second-order valence-corrected chi connectivity index (χ2v) is 4.54. The lowest BCUT2D eigenvalue weighted by molar-refractivity contribution is 0.407. The molecule has 0 N–H and O–H groups in total. The molecule has 0 aliphatic heterocycles. The molecule has 0 amide bonds. The molecule has 1 aromatic heterocycles. The number of rotatable bonds is 3. The number of fused-ring (bicyclic) bond motifs is 1. The van der Waals surface area contributed by atoms with Gasteiger partial charge in [0, 0.05) is 11.5 Å². The van der Waals surface area contributed by atoms with Gasteiger partial charge < -0.3 is 13.9 Å². The monoisotopic (exact) mass is 282 g/mol. The maximum atomic E-state index is 11.8. The molecule has 0 aliphatic carbocycles. The summed E-state index contributed by atoms with van der Waals surface area (Å²) in [5, 5.41) is 0.833. The molecule has 0 bridgehead atoms. The summed E-state index contributed by atoms with van der Waals surface area (Å²) in [6, 6.07) is 14.6. The SMILES string of the molecule is COc1ccc(-c2cc(=O)oc3c(OC)cccc23)cc1. The predicted molar refractivity (Wildman–Crippen MR) is 81.0 cm³/mol. The van der Waals surface area contributed by atoms with Crippen molar-refractivity contribution in [2.45, 2.75) is 0 Å². The van der Waals surface area contributed by atoms with Gasteiger partial charge in [-0.2, -0.15) is 0 Å². The molecule has 1 heterocycles. The highest BCUT2D eigenvalue weighted by molar-refractivity contribution is 5.96. The van der Waals surface area contributed by atoms with Crippen molar-refractivity contribution in [3.05, 3.63) is 59.0 Å². The van der Waals surface area contributed by atoms with E-state index in [9.17, 15) is 4.79 Å². The Morgan fingerprint density at radius 2 is 1.71 bits per heavy atom. The summed E-state index contributed by atoms with van der Waals surface area (Å²) in [5.74, 6) is 1.31. The maximum Gasteiger partial charge on any atom is 0.336 e. The summed E-state index contributed by atoms with van der Waals surface area (Å²) in [6.45, 7) is 0. The molecular weight excluding hydrogens is 268 g/mol. The van der Waals surface area contributed by atoms with Crippen molar-refractivity contribution in [3.63, 3.8) is 0 Å². The Morgan fingerprint density at radius 3 is 2.38 bits per heavy atom. The number of hydrogen-bond acceptors (Lipinski definition) is 4. The first-order valence-electron chi connectivity index (χ1n) is 6.48. The molecule has 0 fully saturated rings. The lowest BCUT2D eigenvalue weighted by Gasteiger charge is -2.09. The van der Waals surface area contributed by atoms with Crippen LogP contribution in [0.5, 0.6) is 11.5 Å². The fourth-order valence-corrected chi connectivity index (χ4v) is 2.33. The second kappa shape index (κ2) is 5.32. The molecule has 0 saturated carbocycles. The number of benzene rings is 2. The zero-order valence-electron chi connectivity index (χ0n) is 11.8. The van der Waals surface area contributed by atoms with Gasteiger partial charge in [0.1, 0.15) is 5.75 Å². The van der Waals surface area contributed by atoms with E-state index < -0.39 is 5.63 Å². The Hall–Kier alpha value is -2.75. The number of para-hydroxylation sites is 1. The molecule has 0 aliphatic rings. The Kier molecular flexibility index (Phi) is 3.36. The summed E-state index contributed by atoms with van der Waals surface area (Å²) in [5.41, 5.74) is 1.78. The Labute approximate surface area is 121 Å². The molecule has 0 unspecified atom stereocenters. The van der Waals surface area contributed by atoms with Crippen LogP contribution in [-0.4, -0.2) is 14.2 Å². The summed E-state index contributed by atoms with van der Waals surface area (Å²) in [7, 11) is 3.17. The summed E-state index contributed by atoms with van der Waals surface area (Å²) >= 11 is 0. The number of hydrogen-bond donors (Lipinski definition) is 0. The molecule has 3 aromatic rings. The van der Waals surface area contributed by atoms with Crippen LogP contribution in [0.1, 0.15) is 0 Å². The Balaban J connectivity index is 2.28. The van der Waals surface area contributed by atoms with E-state index in [-0.39, 0.29) is 0 Å². The third-order valence-corrected chi connectivity index (χ3v) is 3.35. The molecule has 2 aromatic carbocycles. The molecule has 4 heteroatoms. The quantitative estimate of drug-likeness (QED) is 0.690. The summed E-state index contributed by atoms with van der Waals surface area (Å²) < 4.78 is 15.7. The molecule has 0 spiro atoms. The molecule has 0 radical (unpaired) electrons. The average molecular weight is 282 g/mol. The fourth-order valence-electron chi connectivity index (χ4n) is 2.33. The van der Waals surface area contributed by atoms with Gasteiger partial charge in [0.25, 0.3) is 0 Å². The van der Waals surface area contributed by atoms with Crippen molar-refractivity contribution in [2.24, 2.45) is 0 Å². The van der Waals surface area contributed by atoms with Crippen LogP contribution in [0.15, 0.2) is 57.7 Å². The van der Waals surface area contributed by atoms with E-state index in [0.29, 0.717) is 11.3 Å². The van der Waals surface area contributed by atoms with Crippen LogP contribution >= 0.6 is 0 Å². The lowest BCUT2D eigenvalue weighted by Crippen LogP contribution is -1.99. The van der Waals surface area contributed by atoms with Gasteiger partial charge in [-0.1, -0.05) is 24.3 Å². The van der Waals surface area contributed by atoms with Crippen molar-refractivity contribution in [1.29, 1.82) is 0 Å².